The van der Waals surface area contributed by atoms with Crippen molar-refractivity contribution < 1.29 is 19.0 Å². The van der Waals surface area contributed by atoms with Gasteiger partial charge in [-0.3, -0.25) is 9.80 Å². The van der Waals surface area contributed by atoms with E-state index >= 15 is 4.39 Å². The second kappa shape index (κ2) is 15.5. The van der Waals surface area contributed by atoms with Crippen LogP contribution in [0, 0.1) is 26.6 Å². The van der Waals surface area contributed by atoms with Crippen LogP contribution >= 0.6 is 23.2 Å². The summed E-state index contributed by atoms with van der Waals surface area (Å²) in [5.74, 6) is -0.182. The molecular formula is C36H41Cl2FN6O3. The van der Waals surface area contributed by atoms with E-state index in [2.05, 4.69) is 38.9 Å². The third kappa shape index (κ3) is 8.54. The maximum Gasteiger partial charge on any atom is 0.413 e. The Hall–Kier alpha value is -3.96. The molecule has 5 rings (SSSR count). The molecule has 0 aliphatic carbocycles. The van der Waals surface area contributed by atoms with Gasteiger partial charge in [0.15, 0.2) is 11.6 Å². The molecule has 0 radical (unpaired) electrons. The van der Waals surface area contributed by atoms with Gasteiger partial charge in [0.1, 0.15) is 12.4 Å². The monoisotopic (exact) mass is 694 g/mol. The molecule has 1 aliphatic heterocycles. The van der Waals surface area contributed by atoms with Crippen molar-refractivity contribution in [3.8, 4) is 5.75 Å². The quantitative estimate of drug-likeness (QED) is 0.162. The molecule has 1 aliphatic rings. The molecule has 1 aromatic heterocycles. The van der Waals surface area contributed by atoms with E-state index in [0.29, 0.717) is 33.9 Å². The number of piperazine rings is 1. The first-order valence-electron chi connectivity index (χ1n) is 15.9. The number of nitrogens with zero attached hydrogens (tertiary/aromatic N) is 5. The molecular weight excluding hydrogens is 654 g/mol. The number of hydrogen-bond donors (Lipinski definition) is 2. The van der Waals surface area contributed by atoms with Gasteiger partial charge in [-0.25, -0.2) is 19.1 Å². The maximum absolute atomic E-state index is 15.1. The van der Waals surface area contributed by atoms with Crippen LogP contribution in [0.2, 0.25) is 10.0 Å². The lowest BCUT2D eigenvalue weighted by Crippen LogP contribution is -2.49. The van der Waals surface area contributed by atoms with Gasteiger partial charge in [-0.05, 0) is 93.3 Å². The second-order valence-corrected chi connectivity index (χ2v) is 13.3. The second-order valence-electron chi connectivity index (χ2n) is 12.4. The van der Waals surface area contributed by atoms with Gasteiger partial charge in [-0.1, -0.05) is 40.9 Å². The SMILES string of the molecule is Cc1cc(C)c(C(c2cc(Cl)cc(Cl)c2)N(C(=O)O)c2ccnc(Nc3ccc(OCCN4CCN(C(C)C)CC4)c(F)c3)n2)c(C)c1. The van der Waals surface area contributed by atoms with Crippen molar-refractivity contribution in [3.63, 3.8) is 0 Å². The zero-order valence-electron chi connectivity index (χ0n) is 27.8. The summed E-state index contributed by atoms with van der Waals surface area (Å²) in [4.78, 5) is 27.8. The fourth-order valence-corrected chi connectivity index (χ4v) is 6.84. The summed E-state index contributed by atoms with van der Waals surface area (Å²) in [6.45, 7) is 15.3. The first-order chi connectivity index (χ1) is 22.9. The average Bonchev–Trinajstić information content (AvgIpc) is 3.01. The van der Waals surface area contributed by atoms with Gasteiger partial charge in [-0.2, -0.15) is 4.98 Å². The molecule has 2 heterocycles. The Labute approximate surface area is 291 Å². The minimum atomic E-state index is -1.24. The van der Waals surface area contributed by atoms with Crippen molar-refractivity contribution in [2.45, 2.75) is 46.7 Å². The molecule has 254 valence electrons. The summed E-state index contributed by atoms with van der Waals surface area (Å²) in [6, 6.07) is 14.7. The van der Waals surface area contributed by atoms with Crippen molar-refractivity contribution in [2.75, 3.05) is 49.5 Å². The molecule has 12 heteroatoms. The van der Waals surface area contributed by atoms with Gasteiger partial charge in [0.05, 0.1) is 6.04 Å². The molecule has 0 saturated carbocycles. The molecule has 2 N–H and O–H groups in total. The normalized spacial score (nSPS) is 14.6. The Morgan fingerprint density at radius 3 is 2.27 bits per heavy atom. The Bertz CT molecular complexity index is 1720. The number of aromatic nitrogens is 2. The maximum atomic E-state index is 15.1. The van der Waals surface area contributed by atoms with Gasteiger partial charge in [0.25, 0.3) is 0 Å². The first kappa shape index (κ1) is 35.3. The molecule has 48 heavy (non-hydrogen) atoms. The summed E-state index contributed by atoms with van der Waals surface area (Å²) in [5.41, 5.74) is 4.60. The smallest absolute Gasteiger partial charge is 0.413 e. The standard InChI is InChI=1S/C36H41Cl2FN6O3/c1-22(2)44-12-10-43(11-13-44)14-15-48-31-7-6-29(21-30(31)39)41-35-40-9-8-32(42-35)45(36(46)47)34(26-18-27(37)20-28(38)19-26)33-24(4)16-23(3)17-25(33)5/h6-9,16-22,34H,10-15H2,1-5H3,(H,46,47)(H,40,41,42). The number of hydrogen-bond acceptors (Lipinski definition) is 7. The molecule has 1 amide bonds. The fraction of sp³-hybridized carbons (Fsp3) is 0.361. The van der Waals surface area contributed by atoms with Crippen molar-refractivity contribution in [1.82, 2.24) is 19.8 Å². The number of nitrogens with one attached hydrogen (secondary N) is 1. The molecule has 4 aromatic rings. The molecule has 3 aromatic carbocycles. The van der Waals surface area contributed by atoms with Crippen LogP contribution in [-0.2, 0) is 0 Å². The Morgan fingerprint density at radius 1 is 1.00 bits per heavy atom. The summed E-state index contributed by atoms with van der Waals surface area (Å²) in [5, 5.41) is 14.4. The number of carboxylic acid groups (broad SMARTS) is 1. The van der Waals surface area contributed by atoms with E-state index in [1.807, 2.05) is 32.9 Å². The van der Waals surface area contributed by atoms with Crippen LogP contribution < -0.4 is 15.0 Å². The molecule has 1 saturated heterocycles. The molecule has 1 unspecified atom stereocenters. The van der Waals surface area contributed by atoms with Gasteiger partial charge < -0.3 is 15.2 Å². The third-order valence-corrected chi connectivity index (χ3v) is 8.99. The van der Waals surface area contributed by atoms with Crippen LogP contribution in [0.5, 0.6) is 5.75 Å². The lowest BCUT2D eigenvalue weighted by Gasteiger charge is -2.36. The summed E-state index contributed by atoms with van der Waals surface area (Å²) < 4.78 is 20.9. The van der Waals surface area contributed by atoms with E-state index in [9.17, 15) is 9.90 Å². The van der Waals surface area contributed by atoms with Crippen molar-refractivity contribution in [1.29, 1.82) is 0 Å². The lowest BCUT2D eigenvalue weighted by molar-refractivity contribution is 0.0965. The number of anilines is 3. The van der Waals surface area contributed by atoms with E-state index in [-0.39, 0.29) is 17.5 Å². The zero-order valence-corrected chi connectivity index (χ0v) is 29.3. The van der Waals surface area contributed by atoms with E-state index in [4.69, 9.17) is 27.9 Å². The minimum absolute atomic E-state index is 0.0904. The van der Waals surface area contributed by atoms with Gasteiger partial charge in [0, 0.05) is 66.8 Å². The van der Waals surface area contributed by atoms with Crippen LogP contribution in [0.4, 0.5) is 26.6 Å². The highest BCUT2D eigenvalue weighted by molar-refractivity contribution is 6.34. The largest absolute Gasteiger partial charge is 0.489 e. The van der Waals surface area contributed by atoms with Crippen molar-refractivity contribution in [2.24, 2.45) is 0 Å². The highest BCUT2D eigenvalue weighted by atomic mass is 35.5. The van der Waals surface area contributed by atoms with Crippen LogP contribution in [0.15, 0.2) is 60.8 Å². The lowest BCUT2D eigenvalue weighted by atomic mass is 9.89. The average molecular weight is 696 g/mol. The Morgan fingerprint density at radius 2 is 1.67 bits per heavy atom. The molecule has 0 spiro atoms. The number of ether oxygens (including phenoxy) is 1. The van der Waals surface area contributed by atoms with Crippen LogP contribution in [0.25, 0.3) is 0 Å². The predicted octanol–water partition coefficient (Wildman–Crippen LogP) is 8.27. The number of rotatable bonds is 11. The number of carbonyl (C=O) groups is 1. The van der Waals surface area contributed by atoms with E-state index in [1.165, 1.54) is 23.2 Å². The Balaban J connectivity index is 1.36. The van der Waals surface area contributed by atoms with Crippen LogP contribution in [0.3, 0.4) is 0 Å². The van der Waals surface area contributed by atoms with Gasteiger partial charge in [-0.15, -0.1) is 0 Å². The molecule has 9 nitrogen and oxygen atoms in total. The summed E-state index contributed by atoms with van der Waals surface area (Å²) in [6.07, 6.45) is 0.209. The minimum Gasteiger partial charge on any atom is -0.489 e. The number of amides is 1. The highest BCUT2D eigenvalue weighted by Gasteiger charge is 2.32. The number of aryl methyl sites for hydroxylation is 3. The summed E-state index contributed by atoms with van der Waals surface area (Å²) >= 11 is 12.8. The molecule has 0 bridgehead atoms. The first-order valence-corrected chi connectivity index (χ1v) is 16.7. The summed E-state index contributed by atoms with van der Waals surface area (Å²) in [7, 11) is 0. The fourth-order valence-electron chi connectivity index (χ4n) is 6.30. The van der Waals surface area contributed by atoms with Gasteiger partial charge in [0.2, 0.25) is 5.95 Å². The third-order valence-electron chi connectivity index (χ3n) is 8.55. The van der Waals surface area contributed by atoms with Crippen LogP contribution in [0.1, 0.15) is 47.7 Å². The van der Waals surface area contributed by atoms with Gasteiger partial charge >= 0.3 is 6.09 Å². The molecule has 1 fully saturated rings. The zero-order chi connectivity index (χ0) is 34.5. The highest BCUT2D eigenvalue weighted by Crippen LogP contribution is 2.38. The Kier molecular flexibility index (Phi) is 11.4. The van der Waals surface area contributed by atoms with E-state index < -0.39 is 18.0 Å². The predicted molar refractivity (Wildman–Crippen MR) is 190 cm³/mol. The van der Waals surface area contributed by atoms with Crippen LogP contribution in [-0.4, -0.2) is 76.3 Å². The van der Waals surface area contributed by atoms with E-state index in [0.717, 1.165) is 55.0 Å². The van der Waals surface area contributed by atoms with E-state index in [1.54, 1.807) is 30.3 Å². The number of benzene rings is 3. The topological polar surface area (TPSA) is 94.1 Å². The molecule has 1 atom stereocenters. The number of halogens is 3. The van der Waals surface area contributed by atoms with Crippen molar-refractivity contribution >= 4 is 46.7 Å². The van der Waals surface area contributed by atoms with Crippen molar-refractivity contribution in [3.05, 3.63) is 104 Å².